The van der Waals surface area contributed by atoms with E-state index in [-0.39, 0.29) is 5.41 Å². The van der Waals surface area contributed by atoms with Gasteiger partial charge >= 0.3 is 0 Å². The van der Waals surface area contributed by atoms with E-state index in [0.29, 0.717) is 11.9 Å². The van der Waals surface area contributed by atoms with Gasteiger partial charge in [0.25, 0.3) is 0 Å². The van der Waals surface area contributed by atoms with Crippen molar-refractivity contribution >= 4 is 5.84 Å². The summed E-state index contributed by atoms with van der Waals surface area (Å²) < 4.78 is 0. The van der Waals surface area contributed by atoms with Gasteiger partial charge < -0.3 is 11.1 Å². The molecule has 1 unspecified atom stereocenters. The van der Waals surface area contributed by atoms with E-state index in [1.54, 1.807) is 13.1 Å². The molecular formula is C11H23N3. The van der Waals surface area contributed by atoms with Gasteiger partial charge in [-0.05, 0) is 17.9 Å². The molecule has 0 aromatic heterocycles. The lowest BCUT2D eigenvalue weighted by molar-refractivity contribution is 0.282. The Morgan fingerprint density at radius 1 is 1.50 bits per heavy atom. The fourth-order valence-electron chi connectivity index (χ4n) is 1.30. The van der Waals surface area contributed by atoms with Crippen molar-refractivity contribution in [2.45, 2.75) is 40.2 Å². The van der Waals surface area contributed by atoms with Crippen LogP contribution < -0.4 is 11.1 Å². The number of hydrogen-bond donors (Lipinski definition) is 2. The van der Waals surface area contributed by atoms with E-state index in [2.05, 4.69) is 38.0 Å². The summed E-state index contributed by atoms with van der Waals surface area (Å²) in [5.41, 5.74) is 5.79. The summed E-state index contributed by atoms with van der Waals surface area (Å²) in [6, 6.07) is 0.461. The Hall–Kier alpha value is -0.990. The van der Waals surface area contributed by atoms with Gasteiger partial charge in [0.15, 0.2) is 0 Å². The fraction of sp³-hybridized carbons (Fsp3) is 0.727. The first-order valence-corrected chi connectivity index (χ1v) is 5.06. The summed E-state index contributed by atoms with van der Waals surface area (Å²) >= 11 is 0. The van der Waals surface area contributed by atoms with Gasteiger partial charge in [-0.3, -0.25) is 4.99 Å². The van der Waals surface area contributed by atoms with Crippen LogP contribution in [0.3, 0.4) is 0 Å². The lowest BCUT2D eigenvalue weighted by Crippen LogP contribution is -2.36. The third kappa shape index (κ3) is 4.90. The van der Waals surface area contributed by atoms with E-state index < -0.39 is 0 Å². The van der Waals surface area contributed by atoms with E-state index >= 15 is 0 Å². The summed E-state index contributed by atoms with van der Waals surface area (Å²) in [5.74, 6) is 0.543. The standard InChI is InChI=1S/C11H23N3/c1-6-9(11(2,3)4)14-8-7-10(12)13-5/h7-9,14H,6H2,1-5H3,(H2,12,13). The zero-order chi connectivity index (χ0) is 11.2. The predicted molar refractivity (Wildman–Crippen MR) is 63.4 cm³/mol. The van der Waals surface area contributed by atoms with Crippen LogP contribution in [0.1, 0.15) is 34.1 Å². The molecule has 3 nitrogen and oxygen atoms in total. The lowest BCUT2D eigenvalue weighted by Gasteiger charge is -2.30. The third-order valence-electron chi connectivity index (χ3n) is 2.26. The zero-order valence-corrected chi connectivity index (χ0v) is 9.96. The Bertz CT molecular complexity index is 211. The molecular weight excluding hydrogens is 174 g/mol. The second-order valence-electron chi connectivity index (χ2n) is 4.48. The van der Waals surface area contributed by atoms with Gasteiger partial charge in [-0.2, -0.15) is 0 Å². The van der Waals surface area contributed by atoms with Crippen LogP contribution in [0.2, 0.25) is 0 Å². The predicted octanol–water partition coefficient (Wildman–Crippen LogP) is 1.90. The Labute approximate surface area is 87.5 Å². The first-order valence-electron chi connectivity index (χ1n) is 5.06. The molecule has 0 bridgehead atoms. The van der Waals surface area contributed by atoms with Crippen molar-refractivity contribution in [1.29, 1.82) is 0 Å². The van der Waals surface area contributed by atoms with Gasteiger partial charge in [0.05, 0.1) is 0 Å². The molecule has 0 amide bonds. The van der Waals surface area contributed by atoms with E-state index in [9.17, 15) is 0 Å². The number of rotatable bonds is 4. The largest absolute Gasteiger partial charge is 0.388 e. The number of hydrogen-bond acceptors (Lipinski definition) is 2. The van der Waals surface area contributed by atoms with Gasteiger partial charge in [-0.15, -0.1) is 0 Å². The topological polar surface area (TPSA) is 50.4 Å². The number of amidine groups is 1. The van der Waals surface area contributed by atoms with Crippen molar-refractivity contribution < 1.29 is 0 Å². The van der Waals surface area contributed by atoms with E-state index in [1.165, 1.54) is 0 Å². The van der Waals surface area contributed by atoms with Crippen LogP contribution in [0.25, 0.3) is 0 Å². The summed E-state index contributed by atoms with van der Waals surface area (Å²) in [4.78, 5) is 3.84. The molecule has 0 saturated carbocycles. The van der Waals surface area contributed by atoms with Gasteiger partial charge in [0.1, 0.15) is 5.84 Å². The number of nitrogens with one attached hydrogen (secondary N) is 1. The molecule has 0 saturated heterocycles. The molecule has 82 valence electrons. The molecule has 0 aromatic carbocycles. The molecule has 0 aliphatic carbocycles. The van der Waals surface area contributed by atoms with Gasteiger partial charge in [-0.25, -0.2) is 0 Å². The summed E-state index contributed by atoms with van der Waals surface area (Å²) in [6.07, 6.45) is 4.76. The maximum Gasteiger partial charge on any atom is 0.119 e. The maximum absolute atomic E-state index is 5.53. The van der Waals surface area contributed by atoms with Crippen molar-refractivity contribution in [1.82, 2.24) is 5.32 Å². The quantitative estimate of drug-likeness (QED) is 0.534. The van der Waals surface area contributed by atoms with Crippen LogP contribution in [0.5, 0.6) is 0 Å². The minimum absolute atomic E-state index is 0.261. The van der Waals surface area contributed by atoms with Crippen LogP contribution in [-0.2, 0) is 0 Å². The molecule has 0 heterocycles. The van der Waals surface area contributed by atoms with Crippen LogP contribution in [0, 0.1) is 5.41 Å². The molecule has 3 N–H and O–H groups in total. The van der Waals surface area contributed by atoms with Crippen LogP contribution in [0.15, 0.2) is 17.3 Å². The normalized spacial score (nSPS) is 15.9. The SMILES string of the molecule is CCC(NC=CC(N)=NC)C(C)(C)C. The molecule has 0 fully saturated rings. The van der Waals surface area contributed by atoms with Crippen molar-refractivity contribution in [2.75, 3.05) is 7.05 Å². The molecule has 0 aromatic rings. The third-order valence-corrected chi connectivity index (χ3v) is 2.26. The van der Waals surface area contributed by atoms with Crippen molar-refractivity contribution in [3.63, 3.8) is 0 Å². The molecule has 1 atom stereocenters. The number of aliphatic imine (C=N–C) groups is 1. The summed E-state index contributed by atoms with van der Waals surface area (Å²) in [7, 11) is 1.68. The Balaban J connectivity index is 4.16. The molecule has 0 aliphatic rings. The number of nitrogens with zero attached hydrogens (tertiary/aromatic N) is 1. The van der Waals surface area contributed by atoms with Gasteiger partial charge in [0.2, 0.25) is 0 Å². The minimum atomic E-state index is 0.261. The van der Waals surface area contributed by atoms with E-state index in [1.807, 2.05) is 6.20 Å². The maximum atomic E-state index is 5.53. The van der Waals surface area contributed by atoms with E-state index in [0.717, 1.165) is 6.42 Å². The summed E-state index contributed by atoms with van der Waals surface area (Å²) in [6.45, 7) is 8.84. The second-order valence-corrected chi connectivity index (χ2v) is 4.48. The Kier molecular flexibility index (Phi) is 5.28. The highest BCUT2D eigenvalue weighted by atomic mass is 14.9. The molecule has 0 spiro atoms. The summed E-state index contributed by atoms with van der Waals surface area (Å²) in [5, 5.41) is 3.33. The average molecular weight is 197 g/mol. The smallest absolute Gasteiger partial charge is 0.119 e. The molecule has 0 radical (unpaired) electrons. The van der Waals surface area contributed by atoms with Crippen molar-refractivity contribution in [3.05, 3.63) is 12.3 Å². The Morgan fingerprint density at radius 2 is 2.07 bits per heavy atom. The van der Waals surface area contributed by atoms with E-state index in [4.69, 9.17) is 5.73 Å². The van der Waals surface area contributed by atoms with Crippen LogP contribution >= 0.6 is 0 Å². The monoisotopic (exact) mass is 197 g/mol. The molecule has 14 heavy (non-hydrogen) atoms. The van der Waals surface area contributed by atoms with Crippen molar-refractivity contribution in [2.24, 2.45) is 16.1 Å². The fourth-order valence-corrected chi connectivity index (χ4v) is 1.30. The van der Waals surface area contributed by atoms with Crippen molar-refractivity contribution in [3.8, 4) is 0 Å². The molecule has 3 heteroatoms. The molecule has 0 aliphatic heterocycles. The van der Waals surface area contributed by atoms with Gasteiger partial charge in [-0.1, -0.05) is 27.7 Å². The van der Waals surface area contributed by atoms with Crippen LogP contribution in [-0.4, -0.2) is 18.9 Å². The highest BCUT2D eigenvalue weighted by molar-refractivity contribution is 5.91. The van der Waals surface area contributed by atoms with Gasteiger partial charge in [0, 0.05) is 19.3 Å². The second kappa shape index (κ2) is 5.68. The first kappa shape index (κ1) is 13.0. The zero-order valence-electron chi connectivity index (χ0n) is 9.96. The average Bonchev–Trinajstić information content (AvgIpc) is 2.09. The lowest BCUT2D eigenvalue weighted by atomic mass is 9.85. The first-order chi connectivity index (χ1) is 6.41. The highest BCUT2D eigenvalue weighted by Gasteiger charge is 2.20. The number of nitrogens with two attached hydrogens (primary N) is 1. The van der Waals surface area contributed by atoms with Crippen LogP contribution in [0.4, 0.5) is 0 Å². The minimum Gasteiger partial charge on any atom is -0.388 e. The highest BCUT2D eigenvalue weighted by Crippen LogP contribution is 2.21. The molecule has 0 rings (SSSR count). The Morgan fingerprint density at radius 3 is 2.43 bits per heavy atom.